The summed E-state index contributed by atoms with van der Waals surface area (Å²) in [6.07, 6.45) is 0. The molecule has 0 atom stereocenters. The highest BCUT2D eigenvalue weighted by atomic mass is 15.2. The summed E-state index contributed by atoms with van der Waals surface area (Å²) < 4.78 is 0. The Bertz CT molecular complexity index is 4330. The number of anilines is 3. The van der Waals surface area contributed by atoms with Gasteiger partial charge in [0.1, 0.15) is 0 Å². The average Bonchev–Trinajstić information content (AvgIpc) is 2.85. The molecule has 0 amide bonds. The van der Waals surface area contributed by atoms with E-state index in [1.54, 1.807) is 0 Å². The van der Waals surface area contributed by atoms with Gasteiger partial charge in [-0.3, -0.25) is 0 Å². The first-order valence-corrected chi connectivity index (χ1v) is 27.5. The van der Waals surface area contributed by atoms with Crippen molar-refractivity contribution in [2.75, 3.05) is 4.90 Å². The summed E-state index contributed by atoms with van der Waals surface area (Å²) in [5.41, 5.74) is 24.2. The minimum Gasteiger partial charge on any atom is -0.309 e. The number of benzene rings is 13. The zero-order valence-electron chi connectivity index (χ0n) is 43.5. The van der Waals surface area contributed by atoms with Gasteiger partial charge in [0, 0.05) is 16.7 Å². The molecule has 370 valence electrons. The number of hydrogen-bond acceptors (Lipinski definition) is 1. The van der Waals surface area contributed by atoms with Gasteiger partial charge < -0.3 is 4.90 Å². The fourth-order valence-corrected chi connectivity index (χ4v) is 14.0. The molecule has 2 aliphatic carbocycles. The molecule has 0 aromatic heterocycles. The average molecular weight is 1000 g/mol. The van der Waals surface area contributed by atoms with Crippen molar-refractivity contribution in [3.8, 4) is 55.6 Å². The van der Waals surface area contributed by atoms with Crippen molar-refractivity contribution in [3.63, 3.8) is 0 Å². The molecule has 0 saturated heterocycles. The van der Waals surface area contributed by atoms with Crippen LogP contribution in [0.5, 0.6) is 0 Å². The molecule has 2 aliphatic rings. The molecule has 1 heteroatoms. The molecule has 0 N–H and O–H groups in total. The zero-order chi connectivity index (χ0) is 52.3. The van der Waals surface area contributed by atoms with Gasteiger partial charge in [-0.15, -0.1) is 0 Å². The molecule has 13 aromatic carbocycles. The lowest BCUT2D eigenvalue weighted by molar-refractivity contribution is 0.768. The fraction of sp³-hybridized carbons (Fsp3) is 0.0256. The van der Waals surface area contributed by atoms with Gasteiger partial charge in [-0.1, -0.05) is 303 Å². The largest absolute Gasteiger partial charge is 0.309 e. The van der Waals surface area contributed by atoms with E-state index in [2.05, 4.69) is 326 Å². The summed E-state index contributed by atoms with van der Waals surface area (Å²) in [5, 5.41) is 2.42. The number of nitrogens with zero attached hydrogens (tertiary/aromatic N) is 1. The Kier molecular flexibility index (Phi) is 11.1. The van der Waals surface area contributed by atoms with Crippen molar-refractivity contribution in [2.45, 2.75) is 10.8 Å². The molecule has 0 aliphatic heterocycles. The van der Waals surface area contributed by atoms with Crippen LogP contribution in [0.2, 0.25) is 0 Å². The smallest absolute Gasteiger partial charge is 0.0714 e. The monoisotopic (exact) mass is 1000 g/mol. The van der Waals surface area contributed by atoms with E-state index in [1.807, 2.05) is 0 Å². The number of para-hydroxylation sites is 2. The Morgan fingerprint density at radius 3 is 1.05 bits per heavy atom. The van der Waals surface area contributed by atoms with Crippen LogP contribution in [0, 0.1) is 0 Å². The first kappa shape index (κ1) is 46.2. The summed E-state index contributed by atoms with van der Waals surface area (Å²) in [7, 11) is 0. The number of rotatable bonds is 10. The quantitative estimate of drug-likeness (QED) is 0.132. The third-order valence-electron chi connectivity index (χ3n) is 17.0. The Balaban J connectivity index is 1.06. The summed E-state index contributed by atoms with van der Waals surface area (Å²) >= 11 is 0. The molecule has 0 radical (unpaired) electrons. The van der Waals surface area contributed by atoms with Gasteiger partial charge in [0.25, 0.3) is 0 Å². The molecule has 1 nitrogen and oxygen atoms in total. The molecule has 0 heterocycles. The molecule has 0 fully saturated rings. The SMILES string of the molecule is c1ccc(-c2cccc3cccc(-c4ccccc4N(c4ccccc4-c4cccc5c4-c4ccccc4C5(c4ccccc4)c4ccccc4)c4cccc5c4-c4ccccc4C5(c4ccccc4)c4ccccc4)c23)cc1. The molecule has 15 rings (SSSR count). The molecule has 0 saturated carbocycles. The van der Waals surface area contributed by atoms with E-state index in [1.165, 1.54) is 99.8 Å². The molecule has 0 bridgehead atoms. The summed E-state index contributed by atoms with van der Waals surface area (Å²) in [6.45, 7) is 0. The molecular formula is C78H53N. The molecule has 13 aromatic rings. The highest BCUT2D eigenvalue weighted by Crippen LogP contribution is 2.62. The molecule has 0 spiro atoms. The van der Waals surface area contributed by atoms with Gasteiger partial charge in [0.05, 0.1) is 27.9 Å². The van der Waals surface area contributed by atoms with E-state index < -0.39 is 10.8 Å². The minimum absolute atomic E-state index is 0.557. The van der Waals surface area contributed by atoms with E-state index >= 15 is 0 Å². The van der Waals surface area contributed by atoms with Crippen molar-refractivity contribution in [3.05, 3.63) is 366 Å². The van der Waals surface area contributed by atoms with Crippen molar-refractivity contribution in [1.29, 1.82) is 0 Å². The topological polar surface area (TPSA) is 3.24 Å². The highest BCUT2D eigenvalue weighted by Gasteiger charge is 2.49. The minimum atomic E-state index is -0.600. The van der Waals surface area contributed by atoms with Crippen LogP contribution in [0.15, 0.2) is 322 Å². The van der Waals surface area contributed by atoms with Crippen LogP contribution in [0.3, 0.4) is 0 Å². The van der Waals surface area contributed by atoms with E-state index in [0.29, 0.717) is 0 Å². The van der Waals surface area contributed by atoms with E-state index in [-0.39, 0.29) is 0 Å². The third kappa shape index (κ3) is 6.96. The van der Waals surface area contributed by atoms with Crippen LogP contribution < -0.4 is 4.90 Å². The first-order valence-electron chi connectivity index (χ1n) is 27.5. The van der Waals surface area contributed by atoms with Crippen LogP contribution in [0.25, 0.3) is 66.4 Å². The van der Waals surface area contributed by atoms with Gasteiger partial charge in [0.15, 0.2) is 0 Å². The normalized spacial score (nSPS) is 13.3. The number of hydrogen-bond donors (Lipinski definition) is 0. The van der Waals surface area contributed by atoms with Crippen molar-refractivity contribution < 1.29 is 0 Å². The lowest BCUT2D eigenvalue weighted by Gasteiger charge is -2.35. The van der Waals surface area contributed by atoms with Gasteiger partial charge in [0.2, 0.25) is 0 Å². The Morgan fingerprint density at radius 2 is 0.532 bits per heavy atom. The second kappa shape index (κ2) is 18.9. The van der Waals surface area contributed by atoms with Crippen molar-refractivity contribution >= 4 is 27.8 Å². The summed E-state index contributed by atoms with van der Waals surface area (Å²) in [5.74, 6) is 0. The van der Waals surface area contributed by atoms with Crippen molar-refractivity contribution in [2.24, 2.45) is 0 Å². The maximum absolute atomic E-state index is 2.61. The van der Waals surface area contributed by atoms with Gasteiger partial charge in [-0.2, -0.15) is 0 Å². The summed E-state index contributed by atoms with van der Waals surface area (Å²) in [4.78, 5) is 2.61. The highest BCUT2D eigenvalue weighted by molar-refractivity contribution is 6.11. The molecule has 79 heavy (non-hydrogen) atoms. The van der Waals surface area contributed by atoms with Gasteiger partial charge in [-0.05, 0) is 112 Å². The molecule has 0 unspecified atom stereocenters. The maximum atomic E-state index is 2.61. The molecular weight excluding hydrogens is 951 g/mol. The Labute approximate surface area is 462 Å². The Morgan fingerprint density at radius 1 is 0.203 bits per heavy atom. The summed E-state index contributed by atoms with van der Waals surface area (Å²) in [6, 6.07) is 120. The van der Waals surface area contributed by atoms with Crippen molar-refractivity contribution in [1.82, 2.24) is 0 Å². The fourth-order valence-electron chi connectivity index (χ4n) is 14.0. The predicted molar refractivity (Wildman–Crippen MR) is 330 cm³/mol. The Hall–Kier alpha value is -10.1. The lowest BCUT2D eigenvalue weighted by Crippen LogP contribution is -2.28. The second-order valence-corrected chi connectivity index (χ2v) is 20.9. The van der Waals surface area contributed by atoms with Crippen LogP contribution in [-0.4, -0.2) is 0 Å². The van der Waals surface area contributed by atoms with Gasteiger partial charge >= 0.3 is 0 Å². The van der Waals surface area contributed by atoms with E-state index in [0.717, 1.165) is 28.2 Å². The van der Waals surface area contributed by atoms with Gasteiger partial charge in [-0.25, -0.2) is 0 Å². The second-order valence-electron chi connectivity index (χ2n) is 20.9. The van der Waals surface area contributed by atoms with Crippen LogP contribution in [-0.2, 0) is 10.8 Å². The predicted octanol–water partition coefficient (Wildman–Crippen LogP) is 20.0. The third-order valence-corrected chi connectivity index (χ3v) is 17.0. The first-order chi connectivity index (χ1) is 39.3. The van der Waals surface area contributed by atoms with E-state index in [4.69, 9.17) is 0 Å². The van der Waals surface area contributed by atoms with E-state index in [9.17, 15) is 0 Å². The zero-order valence-corrected chi connectivity index (χ0v) is 43.5. The standard InChI is InChI=1S/C78H53N/c1-6-28-54(29-7-1)60-44-24-30-55-31-25-45-63(74(55)60)61-40-18-22-51-71(61)79(73-53-27-50-70-76(73)66-43-17-21-48-68(66)78(70,58-36-12-4-13-37-58)59-38-14-5-15-39-59)72-52-23-19-41-62(72)64-46-26-49-69-75(64)65-42-16-20-47-67(65)77(69,56-32-8-2-9-33-56)57-34-10-3-11-35-57/h1-53H. The van der Waals surface area contributed by atoms with Crippen LogP contribution in [0.1, 0.15) is 44.5 Å². The number of fused-ring (bicyclic) bond motifs is 7. The van der Waals surface area contributed by atoms with Crippen LogP contribution in [0.4, 0.5) is 17.1 Å². The maximum Gasteiger partial charge on any atom is 0.0714 e. The van der Waals surface area contributed by atoms with Crippen LogP contribution >= 0.6 is 0 Å². The lowest BCUT2D eigenvalue weighted by atomic mass is 9.67.